The summed E-state index contributed by atoms with van der Waals surface area (Å²) < 4.78 is 0. The Balaban J connectivity index is 1.86. The van der Waals surface area contributed by atoms with Crippen molar-refractivity contribution in [1.82, 2.24) is 20.1 Å². The molecule has 0 radical (unpaired) electrons. The second-order valence-electron chi connectivity index (χ2n) is 6.67. The van der Waals surface area contributed by atoms with E-state index in [2.05, 4.69) is 10.3 Å². The Morgan fingerprint density at radius 3 is 2.65 bits per heavy atom. The molecule has 1 saturated heterocycles. The molecule has 2 aromatic rings. The van der Waals surface area contributed by atoms with Crippen LogP contribution in [0.5, 0.6) is 0 Å². The molecule has 8 nitrogen and oxygen atoms in total. The first kappa shape index (κ1) is 17.9. The number of amides is 3. The number of hydrogen-bond donors (Lipinski definition) is 3. The van der Waals surface area contributed by atoms with E-state index in [-0.39, 0.29) is 24.2 Å². The fourth-order valence-corrected chi connectivity index (χ4v) is 3.15. The Bertz CT molecular complexity index is 855. The van der Waals surface area contributed by atoms with Crippen molar-refractivity contribution in [2.75, 3.05) is 33.7 Å². The van der Waals surface area contributed by atoms with Crippen LogP contribution in [0, 0.1) is 0 Å². The first-order chi connectivity index (χ1) is 12.4. The first-order valence-electron chi connectivity index (χ1n) is 8.46. The van der Waals surface area contributed by atoms with Crippen LogP contribution in [0.25, 0.3) is 10.9 Å². The average molecular weight is 358 g/mol. The Kier molecular flexibility index (Phi) is 4.94. The first-order valence-corrected chi connectivity index (χ1v) is 8.46. The number of aromatic nitrogens is 1. The van der Waals surface area contributed by atoms with E-state index in [1.807, 2.05) is 37.2 Å². The Morgan fingerprint density at radius 2 is 2.04 bits per heavy atom. The van der Waals surface area contributed by atoms with E-state index in [1.165, 1.54) is 4.90 Å². The molecule has 1 aromatic carbocycles. The molecule has 0 unspecified atom stereocenters. The van der Waals surface area contributed by atoms with E-state index < -0.39 is 5.97 Å². The van der Waals surface area contributed by atoms with Gasteiger partial charge in [-0.15, -0.1) is 0 Å². The number of benzene rings is 1. The number of nitrogens with one attached hydrogen (secondary N) is 2. The molecule has 1 aliphatic heterocycles. The van der Waals surface area contributed by atoms with E-state index in [1.54, 1.807) is 0 Å². The maximum Gasteiger partial charge on any atom is 0.352 e. The maximum atomic E-state index is 11.7. The van der Waals surface area contributed by atoms with Crippen LogP contribution >= 0.6 is 0 Å². The van der Waals surface area contributed by atoms with Gasteiger partial charge in [0.05, 0.1) is 6.54 Å². The van der Waals surface area contributed by atoms with Crippen LogP contribution in [0.2, 0.25) is 0 Å². The number of carbonyl (C=O) groups excluding carboxylic acids is 2. The summed E-state index contributed by atoms with van der Waals surface area (Å²) in [5.41, 5.74) is 2.72. The van der Waals surface area contributed by atoms with Crippen molar-refractivity contribution in [2.45, 2.75) is 12.8 Å². The summed E-state index contributed by atoms with van der Waals surface area (Å²) >= 11 is 0. The molecule has 0 bridgehead atoms. The van der Waals surface area contributed by atoms with Gasteiger partial charge in [0, 0.05) is 24.0 Å². The highest BCUT2D eigenvalue weighted by Gasteiger charge is 2.27. The molecule has 3 amide bonds. The summed E-state index contributed by atoms with van der Waals surface area (Å²) in [4.78, 5) is 41.0. The molecule has 0 spiro atoms. The molecule has 1 aromatic heterocycles. The predicted molar refractivity (Wildman–Crippen MR) is 96.3 cm³/mol. The summed E-state index contributed by atoms with van der Waals surface area (Å²) in [5, 5.41) is 12.8. The lowest BCUT2D eigenvalue weighted by molar-refractivity contribution is -0.124. The van der Waals surface area contributed by atoms with Gasteiger partial charge >= 0.3 is 12.0 Å². The number of hydrogen-bond acceptors (Lipinski definition) is 4. The number of carboxylic acid groups (broad SMARTS) is 1. The van der Waals surface area contributed by atoms with Crippen molar-refractivity contribution in [3.63, 3.8) is 0 Å². The second-order valence-corrected chi connectivity index (χ2v) is 6.67. The van der Waals surface area contributed by atoms with Gasteiger partial charge in [0.2, 0.25) is 5.91 Å². The number of fused-ring (bicyclic) bond motifs is 1. The highest BCUT2D eigenvalue weighted by atomic mass is 16.4. The van der Waals surface area contributed by atoms with Crippen LogP contribution in [0.15, 0.2) is 18.2 Å². The standard InChI is InChI=1S/C18H22N4O4/c1-21(2)7-6-12-13-9-11(3-4-14(13)20-16(12)17(24)25)5-8-22-15(23)10-19-18(22)26/h3-4,9,20H,5-8,10H2,1-2H3,(H,19,26)(H,24,25). The molecule has 0 saturated carbocycles. The topological polar surface area (TPSA) is 106 Å². The number of carboxylic acids is 1. The lowest BCUT2D eigenvalue weighted by Gasteiger charge is -2.12. The van der Waals surface area contributed by atoms with Crippen molar-refractivity contribution in [3.8, 4) is 0 Å². The van der Waals surface area contributed by atoms with Crippen LogP contribution in [0.1, 0.15) is 21.6 Å². The van der Waals surface area contributed by atoms with Gasteiger partial charge in [-0.05, 0) is 50.2 Å². The van der Waals surface area contributed by atoms with Gasteiger partial charge in [-0.1, -0.05) is 6.07 Å². The van der Waals surface area contributed by atoms with Gasteiger partial charge in [0.1, 0.15) is 5.69 Å². The number of aromatic amines is 1. The fourth-order valence-electron chi connectivity index (χ4n) is 3.15. The van der Waals surface area contributed by atoms with Gasteiger partial charge in [0.15, 0.2) is 0 Å². The smallest absolute Gasteiger partial charge is 0.352 e. The largest absolute Gasteiger partial charge is 0.477 e. The van der Waals surface area contributed by atoms with Gasteiger partial charge < -0.3 is 20.3 Å². The number of rotatable bonds is 7. The van der Waals surface area contributed by atoms with Gasteiger partial charge in [-0.25, -0.2) is 9.59 Å². The molecule has 0 atom stereocenters. The minimum absolute atomic E-state index is 0.0480. The van der Waals surface area contributed by atoms with Crippen LogP contribution in [-0.4, -0.2) is 71.5 Å². The van der Waals surface area contributed by atoms with Gasteiger partial charge in [0.25, 0.3) is 0 Å². The zero-order valence-electron chi connectivity index (χ0n) is 14.8. The number of aromatic carboxylic acids is 1. The number of nitrogens with zero attached hydrogens (tertiary/aromatic N) is 2. The summed E-state index contributed by atoms with van der Waals surface area (Å²) in [5.74, 6) is -1.20. The van der Waals surface area contributed by atoms with Gasteiger partial charge in [-0.2, -0.15) is 0 Å². The Hall–Kier alpha value is -2.87. The van der Waals surface area contributed by atoms with Crippen molar-refractivity contribution in [1.29, 1.82) is 0 Å². The van der Waals surface area contributed by atoms with E-state index in [0.29, 0.717) is 19.4 Å². The molecule has 138 valence electrons. The molecule has 3 rings (SSSR count). The highest BCUT2D eigenvalue weighted by molar-refractivity contribution is 6.02. The van der Waals surface area contributed by atoms with E-state index in [9.17, 15) is 19.5 Å². The maximum absolute atomic E-state index is 11.7. The van der Waals surface area contributed by atoms with Crippen molar-refractivity contribution in [2.24, 2.45) is 0 Å². The fraction of sp³-hybridized carbons (Fsp3) is 0.389. The molecule has 1 fully saturated rings. The highest BCUT2D eigenvalue weighted by Crippen LogP contribution is 2.25. The molecule has 8 heteroatoms. The number of carbonyl (C=O) groups is 3. The lowest BCUT2D eigenvalue weighted by Crippen LogP contribution is -2.32. The zero-order valence-corrected chi connectivity index (χ0v) is 14.8. The third-order valence-corrected chi connectivity index (χ3v) is 4.55. The lowest BCUT2D eigenvalue weighted by atomic mass is 10.0. The van der Waals surface area contributed by atoms with Crippen LogP contribution < -0.4 is 5.32 Å². The zero-order chi connectivity index (χ0) is 18.8. The number of urea groups is 1. The van der Waals surface area contributed by atoms with E-state index >= 15 is 0 Å². The van der Waals surface area contributed by atoms with Crippen molar-refractivity contribution >= 4 is 28.8 Å². The second kappa shape index (κ2) is 7.17. The Labute approximate surface area is 150 Å². The van der Waals surface area contributed by atoms with Crippen molar-refractivity contribution < 1.29 is 19.5 Å². The molecule has 26 heavy (non-hydrogen) atoms. The number of H-pyrrole nitrogens is 1. The average Bonchev–Trinajstić information content (AvgIpc) is 3.11. The van der Waals surface area contributed by atoms with E-state index in [4.69, 9.17) is 0 Å². The molecule has 0 aliphatic carbocycles. The summed E-state index contributed by atoms with van der Waals surface area (Å²) in [6.45, 7) is 1.09. The van der Waals surface area contributed by atoms with Crippen LogP contribution in [-0.2, 0) is 17.6 Å². The van der Waals surface area contributed by atoms with E-state index in [0.717, 1.165) is 28.6 Å². The van der Waals surface area contributed by atoms with Gasteiger partial charge in [-0.3, -0.25) is 9.69 Å². The summed E-state index contributed by atoms with van der Waals surface area (Å²) in [7, 11) is 3.89. The molecule has 2 heterocycles. The minimum atomic E-state index is -0.976. The Morgan fingerprint density at radius 1 is 1.27 bits per heavy atom. The van der Waals surface area contributed by atoms with Crippen LogP contribution in [0.4, 0.5) is 4.79 Å². The number of likely N-dealkylation sites (N-methyl/N-ethyl adjacent to an activating group) is 1. The molecular formula is C18H22N4O4. The summed E-state index contributed by atoms with van der Waals surface area (Å²) in [6.07, 6.45) is 1.14. The molecule has 3 N–H and O–H groups in total. The SMILES string of the molecule is CN(C)CCc1c(C(=O)O)[nH]c2ccc(CCN3C(=O)CNC3=O)cc12. The molecular weight excluding hydrogens is 336 g/mol. The summed E-state index contributed by atoms with van der Waals surface area (Å²) in [6, 6.07) is 5.32. The third-order valence-electron chi connectivity index (χ3n) is 4.55. The normalized spacial score (nSPS) is 14.5. The quantitative estimate of drug-likeness (QED) is 0.642. The van der Waals surface area contributed by atoms with Crippen molar-refractivity contribution in [3.05, 3.63) is 35.0 Å². The number of imide groups is 1. The van der Waals surface area contributed by atoms with Crippen LogP contribution in [0.3, 0.4) is 0 Å². The predicted octanol–water partition coefficient (Wildman–Crippen LogP) is 1.06. The monoisotopic (exact) mass is 358 g/mol. The molecule has 1 aliphatic rings. The third kappa shape index (κ3) is 3.55. The minimum Gasteiger partial charge on any atom is -0.477 e.